The Morgan fingerprint density at radius 1 is 0.864 bits per heavy atom. The second-order valence-corrected chi connectivity index (χ2v) is 11.9. The van der Waals surface area contributed by atoms with Gasteiger partial charge in [-0.2, -0.15) is 0 Å². The molecule has 4 aromatic carbocycles. The number of para-hydroxylation sites is 1. The monoisotopic (exact) mass is 589 g/mol. The van der Waals surface area contributed by atoms with E-state index in [4.69, 9.17) is 9.72 Å². The normalized spacial score (nSPS) is 17.2. The minimum Gasteiger partial charge on any atom is -0.487 e. The smallest absolute Gasteiger partial charge is 0.307 e. The molecule has 2 heterocycles. The fraction of sp³-hybridized carbons (Fsp3) is 0.194. The number of aliphatic carboxylic acids is 1. The van der Waals surface area contributed by atoms with Gasteiger partial charge in [-0.25, -0.2) is 18.7 Å². The highest BCUT2D eigenvalue weighted by molar-refractivity contribution is 5.81. The van der Waals surface area contributed by atoms with E-state index in [1.165, 1.54) is 6.07 Å². The number of fused-ring (bicyclic) bond motifs is 2. The van der Waals surface area contributed by atoms with E-state index in [9.17, 15) is 18.7 Å². The van der Waals surface area contributed by atoms with Gasteiger partial charge in [0.2, 0.25) is 0 Å². The number of hydrogen-bond donors (Lipinski definition) is 1. The van der Waals surface area contributed by atoms with E-state index >= 15 is 0 Å². The quantitative estimate of drug-likeness (QED) is 0.195. The van der Waals surface area contributed by atoms with Gasteiger partial charge < -0.3 is 14.4 Å². The van der Waals surface area contributed by atoms with Crippen LogP contribution in [0.2, 0.25) is 0 Å². The first kappa shape index (κ1) is 27.7. The summed E-state index contributed by atoms with van der Waals surface area (Å²) >= 11 is 0. The average Bonchev–Trinajstić information content (AvgIpc) is 3.44. The van der Waals surface area contributed by atoms with Crippen molar-refractivity contribution in [2.45, 2.75) is 32.9 Å². The molecule has 7 rings (SSSR count). The van der Waals surface area contributed by atoms with Crippen LogP contribution in [0.5, 0.6) is 5.75 Å². The van der Waals surface area contributed by atoms with Crippen molar-refractivity contribution in [3.63, 3.8) is 0 Å². The molecule has 2 unspecified atom stereocenters. The molecule has 0 amide bonds. The fourth-order valence-electron chi connectivity index (χ4n) is 6.21. The lowest BCUT2D eigenvalue weighted by molar-refractivity contribution is -0.139. The summed E-state index contributed by atoms with van der Waals surface area (Å²) in [5.41, 5.74) is 5.17. The second kappa shape index (κ2) is 10.6. The molecule has 6 nitrogen and oxygen atoms in total. The Morgan fingerprint density at radius 3 is 2.39 bits per heavy atom. The van der Waals surface area contributed by atoms with Gasteiger partial charge in [-0.15, -0.1) is 0 Å². The minimum absolute atomic E-state index is 0.250. The molecule has 2 atom stereocenters. The van der Waals surface area contributed by atoms with Crippen LogP contribution in [-0.4, -0.2) is 25.6 Å². The zero-order chi connectivity index (χ0) is 30.6. The molecule has 0 radical (unpaired) electrons. The maximum atomic E-state index is 13.8. The summed E-state index contributed by atoms with van der Waals surface area (Å²) in [6, 6.07) is 29.1. The van der Waals surface area contributed by atoms with Crippen LogP contribution in [-0.2, 0) is 17.9 Å². The Balaban J connectivity index is 1.19. The summed E-state index contributed by atoms with van der Waals surface area (Å²) in [6.45, 7) is 4.68. The van der Waals surface area contributed by atoms with Crippen LogP contribution in [0, 0.1) is 23.0 Å². The van der Waals surface area contributed by atoms with Crippen molar-refractivity contribution in [3.05, 3.63) is 126 Å². The molecule has 1 aliphatic carbocycles. The van der Waals surface area contributed by atoms with Gasteiger partial charge in [0.1, 0.15) is 18.2 Å². The maximum Gasteiger partial charge on any atom is 0.307 e. The third kappa shape index (κ3) is 4.96. The number of rotatable bonds is 8. The van der Waals surface area contributed by atoms with Crippen LogP contribution < -0.4 is 4.74 Å². The highest BCUT2D eigenvalue weighted by Gasteiger charge is 2.64. The van der Waals surface area contributed by atoms with Crippen molar-refractivity contribution >= 4 is 27.9 Å². The SMILES string of the molecule is CC1(C)C(C(=O)O)C1c1nc2cc(OCc3ccc4ccccc4n3)ccc2n1Cc1ccc(-c2ccc(F)c(F)c2)cc1. The number of nitrogens with zero attached hydrogens (tertiary/aromatic N) is 3. The van der Waals surface area contributed by atoms with Crippen molar-refractivity contribution in [1.29, 1.82) is 0 Å². The van der Waals surface area contributed by atoms with E-state index in [2.05, 4.69) is 9.55 Å². The average molecular weight is 590 g/mol. The van der Waals surface area contributed by atoms with Crippen LogP contribution in [0.25, 0.3) is 33.1 Å². The van der Waals surface area contributed by atoms with Gasteiger partial charge in [-0.3, -0.25) is 4.79 Å². The molecular formula is C36H29F2N3O3. The third-order valence-electron chi connectivity index (χ3n) is 8.71. The number of carboxylic acids is 1. The molecule has 8 heteroatoms. The van der Waals surface area contributed by atoms with Gasteiger partial charge in [0.25, 0.3) is 0 Å². The van der Waals surface area contributed by atoms with Gasteiger partial charge in [0.05, 0.1) is 28.2 Å². The van der Waals surface area contributed by atoms with Crippen molar-refractivity contribution in [1.82, 2.24) is 14.5 Å². The molecule has 6 aromatic rings. The predicted octanol–water partition coefficient (Wildman–Crippen LogP) is 7.98. The lowest BCUT2D eigenvalue weighted by atomic mass is 10.0. The zero-order valence-corrected chi connectivity index (χ0v) is 24.2. The largest absolute Gasteiger partial charge is 0.487 e. The van der Waals surface area contributed by atoms with Crippen molar-refractivity contribution in [2.24, 2.45) is 11.3 Å². The minimum atomic E-state index is -0.891. The maximum absolute atomic E-state index is 13.8. The number of hydrogen-bond acceptors (Lipinski definition) is 4. The Hall–Kier alpha value is -5.11. The fourth-order valence-corrected chi connectivity index (χ4v) is 6.21. The number of aromatic nitrogens is 3. The van der Waals surface area contributed by atoms with E-state index < -0.39 is 28.9 Å². The molecule has 0 saturated heterocycles. The molecule has 0 spiro atoms. The van der Waals surface area contributed by atoms with E-state index in [0.717, 1.165) is 45.1 Å². The summed E-state index contributed by atoms with van der Waals surface area (Å²) < 4.78 is 35.4. The topological polar surface area (TPSA) is 77.2 Å². The van der Waals surface area contributed by atoms with E-state index in [1.54, 1.807) is 6.07 Å². The van der Waals surface area contributed by atoms with E-state index in [-0.39, 0.29) is 5.92 Å². The molecule has 1 aliphatic rings. The summed E-state index contributed by atoms with van der Waals surface area (Å²) in [5, 5.41) is 11.0. The second-order valence-electron chi connectivity index (χ2n) is 11.9. The van der Waals surface area contributed by atoms with Crippen LogP contribution in [0.4, 0.5) is 8.78 Å². The molecule has 44 heavy (non-hydrogen) atoms. The van der Waals surface area contributed by atoms with Gasteiger partial charge in [-0.1, -0.05) is 68.4 Å². The number of carbonyl (C=O) groups is 1. The number of halogens is 2. The first-order valence-corrected chi connectivity index (χ1v) is 14.4. The lowest BCUT2D eigenvalue weighted by Gasteiger charge is -2.12. The molecule has 0 aliphatic heterocycles. The summed E-state index contributed by atoms with van der Waals surface area (Å²) in [4.78, 5) is 21.8. The Kier molecular flexibility index (Phi) is 6.65. The Bertz CT molecular complexity index is 2050. The first-order chi connectivity index (χ1) is 21.2. The predicted molar refractivity (Wildman–Crippen MR) is 164 cm³/mol. The highest BCUT2D eigenvalue weighted by atomic mass is 19.2. The third-order valence-corrected chi connectivity index (χ3v) is 8.71. The van der Waals surface area contributed by atoms with Crippen LogP contribution in [0.15, 0.2) is 97.1 Å². The lowest BCUT2D eigenvalue weighted by Crippen LogP contribution is -2.07. The number of imidazole rings is 1. The zero-order valence-electron chi connectivity index (χ0n) is 24.2. The van der Waals surface area contributed by atoms with Crippen LogP contribution in [0.3, 0.4) is 0 Å². The Labute approximate surface area is 252 Å². The van der Waals surface area contributed by atoms with Crippen molar-refractivity contribution in [2.75, 3.05) is 0 Å². The molecule has 1 N–H and O–H groups in total. The van der Waals surface area contributed by atoms with Crippen LogP contribution in [0.1, 0.15) is 36.8 Å². The van der Waals surface area contributed by atoms with Crippen LogP contribution >= 0.6 is 0 Å². The molecular weight excluding hydrogens is 560 g/mol. The summed E-state index contributed by atoms with van der Waals surface area (Å²) in [5.74, 6) is -2.03. The molecule has 220 valence electrons. The van der Waals surface area contributed by atoms with Gasteiger partial charge in [-0.05, 0) is 58.5 Å². The highest BCUT2D eigenvalue weighted by Crippen LogP contribution is 2.64. The van der Waals surface area contributed by atoms with E-state index in [0.29, 0.717) is 30.0 Å². The summed E-state index contributed by atoms with van der Waals surface area (Å²) in [6.07, 6.45) is 0. The first-order valence-electron chi connectivity index (χ1n) is 14.4. The van der Waals surface area contributed by atoms with Gasteiger partial charge >= 0.3 is 5.97 Å². The van der Waals surface area contributed by atoms with Gasteiger partial charge in [0.15, 0.2) is 11.6 Å². The van der Waals surface area contributed by atoms with E-state index in [1.807, 2.05) is 92.7 Å². The number of benzene rings is 4. The molecule has 0 bridgehead atoms. The van der Waals surface area contributed by atoms with Crippen molar-refractivity contribution in [3.8, 4) is 16.9 Å². The number of carboxylic acid groups (broad SMARTS) is 1. The van der Waals surface area contributed by atoms with Crippen molar-refractivity contribution < 1.29 is 23.4 Å². The van der Waals surface area contributed by atoms with Gasteiger partial charge in [0, 0.05) is 23.9 Å². The molecule has 1 fully saturated rings. The number of ether oxygens (including phenoxy) is 1. The standard InChI is InChI=1S/C36H29F2N3O3/c1-36(2)32(33(36)35(42)43)34-40-30-18-26(44-20-25-13-11-23-5-3-4-6-29(23)39-25)14-16-31(30)41(34)19-21-7-9-22(10-8-21)24-12-15-27(37)28(38)17-24/h3-18,32-33H,19-20H2,1-2H3,(H,42,43). The Morgan fingerprint density at radius 2 is 1.64 bits per heavy atom. The number of pyridine rings is 1. The summed E-state index contributed by atoms with van der Waals surface area (Å²) in [7, 11) is 0. The molecule has 1 saturated carbocycles. The molecule has 2 aromatic heterocycles.